The average molecular weight is 328 g/mol. The molecule has 1 heterocycles. The predicted molar refractivity (Wildman–Crippen MR) is 86.2 cm³/mol. The summed E-state index contributed by atoms with van der Waals surface area (Å²) in [5, 5.41) is 0.454. The molecule has 1 fully saturated rings. The molecule has 1 amide bonds. The minimum absolute atomic E-state index is 0.0495. The van der Waals surface area contributed by atoms with Crippen molar-refractivity contribution in [2.75, 3.05) is 26.2 Å². The van der Waals surface area contributed by atoms with Gasteiger partial charge in [-0.1, -0.05) is 17.7 Å². The van der Waals surface area contributed by atoms with Crippen molar-refractivity contribution < 1.29 is 9.18 Å². The van der Waals surface area contributed by atoms with Crippen LogP contribution in [-0.4, -0.2) is 47.9 Å². The van der Waals surface area contributed by atoms with Gasteiger partial charge in [0.05, 0.1) is 0 Å². The maximum atomic E-state index is 13.8. The maximum Gasteiger partial charge on any atom is 0.222 e. The number of carbonyl (C=O) groups excluding carboxylic acids is 1. The SMILES string of the molecule is CC(N)CCC(=O)N1CCN(Cc2c(F)cccc2Cl)CC1. The zero-order valence-electron chi connectivity index (χ0n) is 12.9. The Hall–Kier alpha value is -1.17. The molecule has 1 aliphatic rings. The van der Waals surface area contributed by atoms with Crippen molar-refractivity contribution >= 4 is 17.5 Å². The first-order valence-electron chi connectivity index (χ1n) is 7.66. The summed E-state index contributed by atoms with van der Waals surface area (Å²) in [6.45, 7) is 5.19. The third-order valence-electron chi connectivity index (χ3n) is 3.98. The molecule has 0 aliphatic carbocycles. The van der Waals surface area contributed by atoms with E-state index in [2.05, 4.69) is 4.90 Å². The Kier molecular flexibility index (Phi) is 6.17. The normalized spacial score (nSPS) is 17.5. The number of piperazine rings is 1. The summed E-state index contributed by atoms with van der Waals surface area (Å²) in [5.41, 5.74) is 6.21. The molecule has 6 heteroatoms. The number of rotatable bonds is 5. The van der Waals surface area contributed by atoms with Crippen molar-refractivity contribution in [1.29, 1.82) is 0 Å². The Morgan fingerprint density at radius 1 is 1.36 bits per heavy atom. The number of nitrogens with two attached hydrogens (primary N) is 1. The zero-order chi connectivity index (χ0) is 16.1. The van der Waals surface area contributed by atoms with Crippen molar-refractivity contribution in [2.24, 2.45) is 5.73 Å². The lowest BCUT2D eigenvalue weighted by Crippen LogP contribution is -2.48. The number of benzene rings is 1. The fourth-order valence-corrected chi connectivity index (χ4v) is 2.79. The van der Waals surface area contributed by atoms with Gasteiger partial charge in [0.25, 0.3) is 0 Å². The van der Waals surface area contributed by atoms with E-state index in [9.17, 15) is 9.18 Å². The van der Waals surface area contributed by atoms with Crippen LogP contribution >= 0.6 is 11.6 Å². The number of hydrogen-bond donors (Lipinski definition) is 1. The molecule has 22 heavy (non-hydrogen) atoms. The highest BCUT2D eigenvalue weighted by Crippen LogP contribution is 2.21. The van der Waals surface area contributed by atoms with Crippen molar-refractivity contribution in [3.05, 3.63) is 34.6 Å². The Morgan fingerprint density at radius 3 is 2.64 bits per heavy atom. The van der Waals surface area contributed by atoms with Crippen LogP contribution < -0.4 is 5.73 Å². The Morgan fingerprint density at radius 2 is 2.05 bits per heavy atom. The van der Waals surface area contributed by atoms with Gasteiger partial charge in [0.15, 0.2) is 0 Å². The molecule has 2 rings (SSSR count). The van der Waals surface area contributed by atoms with E-state index in [1.165, 1.54) is 6.07 Å². The molecule has 0 aromatic heterocycles. The minimum Gasteiger partial charge on any atom is -0.340 e. The first-order chi connectivity index (χ1) is 10.5. The fourth-order valence-electron chi connectivity index (χ4n) is 2.57. The van der Waals surface area contributed by atoms with Gasteiger partial charge in [-0.15, -0.1) is 0 Å². The van der Waals surface area contributed by atoms with Crippen molar-refractivity contribution in [3.8, 4) is 0 Å². The molecule has 1 atom stereocenters. The summed E-state index contributed by atoms with van der Waals surface area (Å²) < 4.78 is 13.8. The highest BCUT2D eigenvalue weighted by Gasteiger charge is 2.22. The van der Waals surface area contributed by atoms with Crippen molar-refractivity contribution in [1.82, 2.24) is 9.80 Å². The Labute approximate surface area is 136 Å². The number of carbonyl (C=O) groups is 1. The molecule has 1 aromatic carbocycles. The van der Waals surface area contributed by atoms with Crippen LogP contribution in [0, 0.1) is 5.82 Å². The average Bonchev–Trinajstić information content (AvgIpc) is 2.49. The minimum atomic E-state index is -0.275. The predicted octanol–water partition coefficient (Wildman–Crippen LogP) is 2.25. The molecule has 1 aliphatic heterocycles. The van der Waals surface area contributed by atoms with E-state index in [0.717, 1.165) is 13.1 Å². The van der Waals surface area contributed by atoms with Gasteiger partial charge in [0, 0.05) is 55.8 Å². The van der Waals surface area contributed by atoms with Crippen LogP contribution in [0.25, 0.3) is 0 Å². The number of nitrogens with zero attached hydrogens (tertiary/aromatic N) is 2. The highest BCUT2D eigenvalue weighted by atomic mass is 35.5. The lowest BCUT2D eigenvalue weighted by molar-refractivity contribution is -0.133. The molecule has 4 nitrogen and oxygen atoms in total. The molecule has 2 N–H and O–H groups in total. The lowest BCUT2D eigenvalue weighted by Gasteiger charge is -2.35. The van der Waals surface area contributed by atoms with Crippen LogP contribution in [-0.2, 0) is 11.3 Å². The van der Waals surface area contributed by atoms with Crippen molar-refractivity contribution in [2.45, 2.75) is 32.4 Å². The Bertz CT molecular complexity index is 496. The second-order valence-corrected chi connectivity index (χ2v) is 6.28. The number of amides is 1. The van der Waals surface area contributed by atoms with Crippen LogP contribution in [0.3, 0.4) is 0 Å². The first kappa shape index (κ1) is 17.2. The molecule has 1 saturated heterocycles. The van der Waals surface area contributed by atoms with Gasteiger partial charge in [-0.3, -0.25) is 9.69 Å². The van der Waals surface area contributed by atoms with E-state index < -0.39 is 0 Å². The highest BCUT2D eigenvalue weighted by molar-refractivity contribution is 6.31. The molecule has 122 valence electrons. The van der Waals surface area contributed by atoms with Gasteiger partial charge < -0.3 is 10.6 Å². The molecular formula is C16H23ClFN3O. The zero-order valence-corrected chi connectivity index (χ0v) is 13.7. The third kappa shape index (κ3) is 4.66. The molecular weight excluding hydrogens is 305 g/mol. The van der Waals surface area contributed by atoms with Gasteiger partial charge in [0.1, 0.15) is 5.82 Å². The van der Waals surface area contributed by atoms with Crippen LogP contribution in [0.2, 0.25) is 5.02 Å². The smallest absolute Gasteiger partial charge is 0.222 e. The number of hydrogen-bond acceptors (Lipinski definition) is 3. The van der Waals surface area contributed by atoms with Gasteiger partial charge >= 0.3 is 0 Å². The van der Waals surface area contributed by atoms with E-state index in [1.54, 1.807) is 12.1 Å². The fraction of sp³-hybridized carbons (Fsp3) is 0.562. The van der Waals surface area contributed by atoms with Crippen LogP contribution in [0.5, 0.6) is 0 Å². The van der Waals surface area contributed by atoms with E-state index in [0.29, 0.717) is 43.1 Å². The third-order valence-corrected chi connectivity index (χ3v) is 4.34. The second-order valence-electron chi connectivity index (χ2n) is 5.87. The summed E-state index contributed by atoms with van der Waals surface area (Å²) in [4.78, 5) is 16.0. The quantitative estimate of drug-likeness (QED) is 0.902. The lowest BCUT2D eigenvalue weighted by atomic mass is 10.1. The molecule has 1 aromatic rings. The van der Waals surface area contributed by atoms with E-state index in [-0.39, 0.29) is 17.8 Å². The van der Waals surface area contributed by atoms with Crippen molar-refractivity contribution in [3.63, 3.8) is 0 Å². The molecule has 0 radical (unpaired) electrons. The van der Waals surface area contributed by atoms with Gasteiger partial charge in [0.2, 0.25) is 5.91 Å². The first-order valence-corrected chi connectivity index (χ1v) is 8.03. The van der Waals surface area contributed by atoms with Gasteiger partial charge in [-0.25, -0.2) is 4.39 Å². The van der Waals surface area contributed by atoms with E-state index in [1.807, 2.05) is 11.8 Å². The van der Waals surface area contributed by atoms with E-state index >= 15 is 0 Å². The second kappa shape index (κ2) is 7.90. The number of halogens is 2. The molecule has 0 saturated carbocycles. The molecule has 0 spiro atoms. The summed E-state index contributed by atoms with van der Waals surface area (Å²) in [7, 11) is 0. The Balaban J connectivity index is 1.83. The van der Waals surface area contributed by atoms with E-state index in [4.69, 9.17) is 17.3 Å². The summed E-state index contributed by atoms with van der Waals surface area (Å²) in [6.07, 6.45) is 1.21. The van der Waals surface area contributed by atoms with Gasteiger partial charge in [-0.05, 0) is 25.5 Å². The molecule has 1 unspecified atom stereocenters. The summed E-state index contributed by atoms with van der Waals surface area (Å²) in [6, 6.07) is 4.78. The summed E-state index contributed by atoms with van der Waals surface area (Å²) in [5.74, 6) is -0.121. The van der Waals surface area contributed by atoms with Crippen LogP contribution in [0.1, 0.15) is 25.3 Å². The monoisotopic (exact) mass is 327 g/mol. The van der Waals surface area contributed by atoms with Crippen LogP contribution in [0.4, 0.5) is 4.39 Å². The standard InChI is InChI=1S/C16H23ClFN3O/c1-12(19)5-6-16(22)21-9-7-20(8-10-21)11-13-14(17)3-2-4-15(13)18/h2-4,12H,5-11,19H2,1H3. The largest absolute Gasteiger partial charge is 0.340 e. The maximum absolute atomic E-state index is 13.8. The molecule has 0 bridgehead atoms. The van der Waals surface area contributed by atoms with Crippen LogP contribution in [0.15, 0.2) is 18.2 Å². The van der Waals surface area contributed by atoms with Gasteiger partial charge in [-0.2, -0.15) is 0 Å². The summed E-state index contributed by atoms with van der Waals surface area (Å²) >= 11 is 6.06. The topological polar surface area (TPSA) is 49.6 Å².